The van der Waals surface area contributed by atoms with Crippen LogP contribution in [0, 0.1) is 12.3 Å². The van der Waals surface area contributed by atoms with Crippen LogP contribution in [0.25, 0.3) is 33.1 Å². The Hall–Kier alpha value is -2.76. The minimum absolute atomic E-state index is 0.0804. The first-order chi connectivity index (χ1) is 12.9. The van der Waals surface area contributed by atoms with Crippen LogP contribution in [0.3, 0.4) is 0 Å². The van der Waals surface area contributed by atoms with Crippen LogP contribution in [0.4, 0.5) is 0 Å². The zero-order valence-corrected chi connectivity index (χ0v) is 15.9. The van der Waals surface area contributed by atoms with E-state index in [0.717, 1.165) is 0 Å². The number of halogens is 2. The van der Waals surface area contributed by atoms with Crippen LogP contribution < -0.4 is 15.7 Å². The molecule has 4 rings (SSSR count). The topological polar surface area (TPSA) is 76.4 Å². The predicted octanol–water partition coefficient (Wildman–Crippen LogP) is 5.31. The number of nitrogens with one attached hydrogen (secondary N) is 1. The fourth-order valence-electron chi connectivity index (χ4n) is 3.12. The maximum Gasteiger partial charge on any atom is 0.219 e. The Balaban J connectivity index is 2.14. The minimum atomic E-state index is -0.214. The largest absolute Gasteiger partial charge is 0.495 e. The summed E-state index contributed by atoms with van der Waals surface area (Å²) >= 11 is 12.3. The molecule has 0 fully saturated rings. The SMILES string of the molecule is COc1c2cc(-c3ccc(Cl)cc3Cl)c(=N)oc2cc2oc(C)cc(=O)c12. The summed E-state index contributed by atoms with van der Waals surface area (Å²) in [5, 5.41) is 10.0. The molecule has 0 spiro atoms. The van der Waals surface area contributed by atoms with E-state index >= 15 is 0 Å². The molecule has 0 aliphatic rings. The number of rotatable bonds is 2. The molecule has 0 saturated heterocycles. The maximum atomic E-state index is 12.5. The van der Waals surface area contributed by atoms with Gasteiger partial charge in [0.2, 0.25) is 5.55 Å². The van der Waals surface area contributed by atoms with Gasteiger partial charge in [0.05, 0.1) is 17.5 Å². The van der Waals surface area contributed by atoms with Crippen LogP contribution in [0.5, 0.6) is 5.75 Å². The Kier molecular flexibility index (Phi) is 4.21. The summed E-state index contributed by atoms with van der Waals surface area (Å²) in [5.41, 5.74) is 1.46. The van der Waals surface area contributed by atoms with Crippen molar-refractivity contribution in [3.05, 3.63) is 68.0 Å². The molecule has 0 aliphatic carbocycles. The summed E-state index contributed by atoms with van der Waals surface area (Å²) in [6.07, 6.45) is 0. The second-order valence-corrected chi connectivity index (χ2v) is 6.87. The lowest BCUT2D eigenvalue weighted by atomic mass is 10.0. The highest BCUT2D eigenvalue weighted by Gasteiger charge is 2.18. The number of methoxy groups -OCH3 is 1. The van der Waals surface area contributed by atoms with Crippen molar-refractivity contribution in [2.24, 2.45) is 0 Å². The van der Waals surface area contributed by atoms with Crippen molar-refractivity contribution >= 4 is 45.1 Å². The molecule has 0 atom stereocenters. The van der Waals surface area contributed by atoms with E-state index in [1.807, 2.05) is 0 Å². The van der Waals surface area contributed by atoms with E-state index in [4.69, 9.17) is 42.2 Å². The lowest BCUT2D eigenvalue weighted by molar-refractivity contribution is 0.422. The molecular formula is C20H13Cl2NO4. The fourth-order valence-corrected chi connectivity index (χ4v) is 3.63. The Labute approximate surface area is 163 Å². The Morgan fingerprint density at radius 1 is 1.00 bits per heavy atom. The molecule has 0 bridgehead atoms. The van der Waals surface area contributed by atoms with E-state index < -0.39 is 0 Å². The predicted molar refractivity (Wildman–Crippen MR) is 105 cm³/mol. The molecule has 1 N–H and O–H groups in total. The molecular weight excluding hydrogens is 389 g/mol. The maximum absolute atomic E-state index is 12.5. The van der Waals surface area contributed by atoms with Crippen LogP contribution >= 0.6 is 23.2 Å². The summed E-state index contributed by atoms with van der Waals surface area (Å²) in [6.45, 7) is 1.69. The number of ether oxygens (including phenoxy) is 1. The van der Waals surface area contributed by atoms with Gasteiger partial charge in [-0.1, -0.05) is 29.3 Å². The van der Waals surface area contributed by atoms with Gasteiger partial charge in [0, 0.05) is 28.3 Å². The first kappa shape index (κ1) is 17.6. The molecule has 4 aromatic rings. The number of benzene rings is 2. The summed E-state index contributed by atoms with van der Waals surface area (Å²) in [5.74, 6) is 0.802. The van der Waals surface area contributed by atoms with Crippen molar-refractivity contribution in [2.75, 3.05) is 7.11 Å². The minimum Gasteiger partial charge on any atom is -0.495 e. The molecule has 27 heavy (non-hydrogen) atoms. The van der Waals surface area contributed by atoms with Crippen LogP contribution in [0.1, 0.15) is 5.76 Å². The van der Waals surface area contributed by atoms with Gasteiger partial charge < -0.3 is 13.6 Å². The summed E-state index contributed by atoms with van der Waals surface area (Å²) < 4.78 is 16.8. The van der Waals surface area contributed by atoms with Crippen molar-refractivity contribution in [1.82, 2.24) is 0 Å². The molecule has 2 heterocycles. The second-order valence-electron chi connectivity index (χ2n) is 6.03. The van der Waals surface area contributed by atoms with E-state index in [9.17, 15) is 4.79 Å². The van der Waals surface area contributed by atoms with Crippen molar-refractivity contribution in [3.63, 3.8) is 0 Å². The normalized spacial score (nSPS) is 11.3. The molecule has 5 nitrogen and oxygen atoms in total. The van der Waals surface area contributed by atoms with Crippen LogP contribution in [0.15, 0.2) is 50.0 Å². The van der Waals surface area contributed by atoms with Crippen LogP contribution in [-0.2, 0) is 0 Å². The third-order valence-corrected chi connectivity index (χ3v) is 4.82. The van der Waals surface area contributed by atoms with Crippen molar-refractivity contribution in [2.45, 2.75) is 6.92 Å². The summed E-state index contributed by atoms with van der Waals surface area (Å²) in [7, 11) is 1.47. The van der Waals surface area contributed by atoms with Crippen molar-refractivity contribution in [3.8, 4) is 16.9 Å². The molecule has 0 unspecified atom stereocenters. The number of hydrogen-bond donors (Lipinski definition) is 1. The highest BCUT2D eigenvalue weighted by molar-refractivity contribution is 6.36. The van der Waals surface area contributed by atoms with Crippen molar-refractivity contribution in [1.29, 1.82) is 5.41 Å². The average molecular weight is 402 g/mol. The number of aryl methyl sites for hydroxylation is 1. The average Bonchev–Trinajstić information content (AvgIpc) is 2.59. The quantitative estimate of drug-likeness (QED) is 0.461. The third-order valence-electron chi connectivity index (χ3n) is 4.27. The molecule has 0 aliphatic heterocycles. The van der Waals surface area contributed by atoms with Gasteiger partial charge in [-0.3, -0.25) is 10.2 Å². The van der Waals surface area contributed by atoms with Crippen LogP contribution in [0.2, 0.25) is 10.0 Å². The van der Waals surface area contributed by atoms with Crippen LogP contribution in [-0.4, -0.2) is 7.11 Å². The second kappa shape index (κ2) is 6.44. The molecule has 0 amide bonds. The Morgan fingerprint density at radius 2 is 1.78 bits per heavy atom. The van der Waals surface area contributed by atoms with Gasteiger partial charge in [-0.25, -0.2) is 0 Å². The summed E-state index contributed by atoms with van der Waals surface area (Å²) in [4.78, 5) is 12.5. The van der Waals surface area contributed by atoms with Gasteiger partial charge in [0.1, 0.15) is 28.1 Å². The molecule has 136 valence electrons. The van der Waals surface area contributed by atoms with E-state index in [-0.39, 0.29) is 11.0 Å². The molecule has 7 heteroatoms. The smallest absolute Gasteiger partial charge is 0.219 e. The van der Waals surface area contributed by atoms with Gasteiger partial charge >= 0.3 is 0 Å². The highest BCUT2D eigenvalue weighted by atomic mass is 35.5. The van der Waals surface area contributed by atoms with E-state index in [1.54, 1.807) is 37.3 Å². The molecule has 2 aromatic carbocycles. The lowest BCUT2D eigenvalue weighted by Gasteiger charge is -2.11. The number of fused-ring (bicyclic) bond motifs is 2. The molecule has 0 radical (unpaired) electrons. The van der Waals surface area contributed by atoms with Gasteiger partial charge in [-0.2, -0.15) is 0 Å². The standard InChI is InChI=1S/C20H13Cl2NO4/c1-9-5-15(24)18-17(26-9)8-16-13(19(18)25-2)7-12(20(23)27-16)11-4-3-10(21)6-14(11)22/h3-8,23H,1-2H3. The summed E-state index contributed by atoms with van der Waals surface area (Å²) in [6, 6.07) is 9.70. The number of hydrogen-bond acceptors (Lipinski definition) is 5. The zero-order chi connectivity index (χ0) is 19.3. The van der Waals surface area contributed by atoms with Gasteiger partial charge in [0.25, 0.3) is 0 Å². The third kappa shape index (κ3) is 2.89. The van der Waals surface area contributed by atoms with Gasteiger partial charge in [0.15, 0.2) is 5.43 Å². The lowest BCUT2D eigenvalue weighted by Crippen LogP contribution is -2.06. The fraction of sp³-hybridized carbons (Fsp3) is 0.100. The van der Waals surface area contributed by atoms with E-state index in [0.29, 0.717) is 54.6 Å². The van der Waals surface area contributed by atoms with Gasteiger partial charge in [-0.15, -0.1) is 0 Å². The van der Waals surface area contributed by atoms with E-state index in [2.05, 4.69) is 0 Å². The van der Waals surface area contributed by atoms with Crippen molar-refractivity contribution < 1.29 is 13.6 Å². The Bertz CT molecular complexity index is 1340. The monoisotopic (exact) mass is 401 g/mol. The van der Waals surface area contributed by atoms with E-state index in [1.165, 1.54) is 13.2 Å². The first-order valence-electron chi connectivity index (χ1n) is 7.98. The highest BCUT2D eigenvalue weighted by Crippen LogP contribution is 2.36. The zero-order valence-electron chi connectivity index (χ0n) is 14.4. The molecule has 2 aromatic heterocycles. The Morgan fingerprint density at radius 3 is 2.48 bits per heavy atom. The van der Waals surface area contributed by atoms with Gasteiger partial charge in [-0.05, 0) is 25.1 Å². The first-order valence-corrected chi connectivity index (χ1v) is 8.74. The molecule has 0 saturated carbocycles.